The number of esters is 1. The third kappa shape index (κ3) is 6.56. The van der Waals surface area contributed by atoms with E-state index in [1.165, 1.54) is 6.08 Å². The van der Waals surface area contributed by atoms with Gasteiger partial charge in [0.2, 0.25) is 5.91 Å². The van der Waals surface area contributed by atoms with E-state index < -0.39 is 0 Å². The number of hydrogen-bond acceptors (Lipinski definition) is 5. The van der Waals surface area contributed by atoms with Crippen molar-refractivity contribution in [3.63, 3.8) is 0 Å². The molecule has 0 spiro atoms. The standard InChI is InChI=1S/C20H20N2O4S/c1-3-26-19(24)15-7-9-16(10-8-15)21-20(27)22-18(23)13-6-14-4-11-17(25-2)12-5-14/h4-13H,3H2,1-2H3,(H2,21,22,23,27)/b13-6+. The summed E-state index contributed by atoms with van der Waals surface area (Å²) < 4.78 is 10.0. The highest BCUT2D eigenvalue weighted by molar-refractivity contribution is 7.80. The lowest BCUT2D eigenvalue weighted by Crippen LogP contribution is -2.32. The number of amides is 1. The quantitative estimate of drug-likeness (QED) is 0.452. The molecule has 2 aromatic carbocycles. The van der Waals surface area contributed by atoms with Gasteiger partial charge in [-0.15, -0.1) is 0 Å². The Labute approximate surface area is 163 Å². The summed E-state index contributed by atoms with van der Waals surface area (Å²) in [7, 11) is 1.59. The van der Waals surface area contributed by atoms with Crippen molar-refractivity contribution in [2.45, 2.75) is 6.92 Å². The van der Waals surface area contributed by atoms with Crippen LogP contribution in [0.4, 0.5) is 5.69 Å². The largest absolute Gasteiger partial charge is 0.497 e. The van der Waals surface area contributed by atoms with Crippen LogP contribution in [0.5, 0.6) is 5.75 Å². The normalized spacial score (nSPS) is 10.3. The van der Waals surface area contributed by atoms with E-state index >= 15 is 0 Å². The number of carbonyl (C=O) groups is 2. The first kappa shape index (κ1) is 20.1. The van der Waals surface area contributed by atoms with Gasteiger partial charge in [0.25, 0.3) is 0 Å². The summed E-state index contributed by atoms with van der Waals surface area (Å²) in [5.41, 5.74) is 1.95. The van der Waals surface area contributed by atoms with Crippen LogP contribution in [-0.4, -0.2) is 30.7 Å². The fourth-order valence-electron chi connectivity index (χ4n) is 2.11. The first-order chi connectivity index (χ1) is 13.0. The molecule has 1 amide bonds. The van der Waals surface area contributed by atoms with Crippen molar-refractivity contribution in [1.82, 2.24) is 5.32 Å². The van der Waals surface area contributed by atoms with Gasteiger partial charge in [-0.2, -0.15) is 0 Å². The van der Waals surface area contributed by atoms with Crippen LogP contribution < -0.4 is 15.4 Å². The predicted molar refractivity (Wildman–Crippen MR) is 109 cm³/mol. The fourth-order valence-corrected chi connectivity index (χ4v) is 2.33. The van der Waals surface area contributed by atoms with E-state index in [-0.39, 0.29) is 17.0 Å². The second-order valence-corrected chi connectivity index (χ2v) is 5.76. The van der Waals surface area contributed by atoms with Gasteiger partial charge in [0, 0.05) is 11.8 Å². The Morgan fingerprint density at radius 1 is 1.07 bits per heavy atom. The Balaban J connectivity index is 1.86. The summed E-state index contributed by atoms with van der Waals surface area (Å²) in [5, 5.41) is 5.59. The predicted octanol–water partition coefficient (Wildman–Crippen LogP) is 3.40. The maximum absolute atomic E-state index is 11.9. The minimum atomic E-state index is -0.386. The van der Waals surface area contributed by atoms with Gasteiger partial charge in [-0.3, -0.25) is 10.1 Å². The Morgan fingerprint density at radius 3 is 2.33 bits per heavy atom. The van der Waals surface area contributed by atoms with E-state index in [0.717, 1.165) is 11.3 Å². The number of methoxy groups -OCH3 is 1. The Morgan fingerprint density at radius 2 is 1.74 bits per heavy atom. The second kappa shape index (κ2) is 10.1. The molecule has 140 valence electrons. The van der Waals surface area contributed by atoms with Crippen LogP contribution in [0.15, 0.2) is 54.6 Å². The van der Waals surface area contributed by atoms with Crippen molar-refractivity contribution in [1.29, 1.82) is 0 Å². The number of carbonyl (C=O) groups excluding carboxylic acids is 2. The molecule has 0 aliphatic heterocycles. The summed E-state index contributed by atoms with van der Waals surface area (Å²) in [4.78, 5) is 23.6. The topological polar surface area (TPSA) is 76.7 Å². The van der Waals surface area contributed by atoms with Crippen molar-refractivity contribution < 1.29 is 19.1 Å². The Hall–Kier alpha value is -3.19. The van der Waals surface area contributed by atoms with Gasteiger partial charge in [0.05, 0.1) is 19.3 Å². The number of ether oxygens (including phenoxy) is 2. The molecule has 0 unspecified atom stereocenters. The molecule has 0 aliphatic rings. The monoisotopic (exact) mass is 384 g/mol. The molecule has 0 radical (unpaired) electrons. The van der Waals surface area contributed by atoms with Crippen molar-refractivity contribution in [2.24, 2.45) is 0 Å². The fraction of sp³-hybridized carbons (Fsp3) is 0.150. The number of rotatable bonds is 6. The van der Waals surface area contributed by atoms with E-state index in [4.69, 9.17) is 21.7 Å². The molecule has 0 aliphatic carbocycles. The van der Waals surface area contributed by atoms with Gasteiger partial charge in [0.15, 0.2) is 5.11 Å². The van der Waals surface area contributed by atoms with Gasteiger partial charge in [-0.1, -0.05) is 12.1 Å². The molecule has 6 nitrogen and oxygen atoms in total. The highest BCUT2D eigenvalue weighted by Gasteiger charge is 2.06. The maximum atomic E-state index is 11.9. The second-order valence-electron chi connectivity index (χ2n) is 5.35. The van der Waals surface area contributed by atoms with Crippen LogP contribution in [-0.2, 0) is 9.53 Å². The summed E-state index contributed by atoms with van der Waals surface area (Å²) >= 11 is 5.12. The molecule has 0 bridgehead atoms. The van der Waals surface area contributed by atoms with Crippen LogP contribution in [0.1, 0.15) is 22.8 Å². The van der Waals surface area contributed by atoms with Crippen LogP contribution in [0.3, 0.4) is 0 Å². The number of anilines is 1. The molecule has 0 saturated carbocycles. The smallest absolute Gasteiger partial charge is 0.338 e. The van der Waals surface area contributed by atoms with Gasteiger partial charge in [-0.25, -0.2) is 4.79 Å². The molecule has 0 saturated heterocycles. The van der Waals surface area contributed by atoms with Gasteiger partial charge in [-0.05, 0) is 67.2 Å². The summed E-state index contributed by atoms with van der Waals surface area (Å²) in [6.45, 7) is 2.07. The average Bonchev–Trinajstić information content (AvgIpc) is 2.67. The van der Waals surface area contributed by atoms with E-state index in [1.54, 1.807) is 44.4 Å². The first-order valence-electron chi connectivity index (χ1n) is 8.23. The number of thiocarbonyl (C=S) groups is 1. The molecule has 2 aromatic rings. The number of benzene rings is 2. The molecule has 2 N–H and O–H groups in total. The molecule has 0 heterocycles. The van der Waals surface area contributed by atoms with Crippen molar-refractivity contribution in [3.8, 4) is 5.75 Å². The molecule has 7 heteroatoms. The van der Waals surface area contributed by atoms with Crippen LogP contribution in [0.2, 0.25) is 0 Å². The zero-order chi connectivity index (χ0) is 19.6. The summed E-state index contributed by atoms with van der Waals surface area (Å²) in [6.07, 6.45) is 3.06. The van der Waals surface area contributed by atoms with Crippen molar-refractivity contribution in [2.75, 3.05) is 19.0 Å². The SMILES string of the molecule is CCOC(=O)c1ccc(NC(=S)NC(=O)/C=C/c2ccc(OC)cc2)cc1. The molecular formula is C20H20N2O4S. The van der Waals surface area contributed by atoms with E-state index in [9.17, 15) is 9.59 Å². The van der Waals surface area contributed by atoms with E-state index in [0.29, 0.717) is 17.9 Å². The van der Waals surface area contributed by atoms with E-state index in [1.807, 2.05) is 24.3 Å². The highest BCUT2D eigenvalue weighted by atomic mass is 32.1. The molecular weight excluding hydrogens is 364 g/mol. The van der Waals surface area contributed by atoms with Crippen molar-refractivity contribution in [3.05, 3.63) is 65.7 Å². The molecule has 2 rings (SSSR count). The minimum absolute atomic E-state index is 0.156. The third-order valence-electron chi connectivity index (χ3n) is 3.43. The maximum Gasteiger partial charge on any atom is 0.338 e. The lowest BCUT2D eigenvalue weighted by atomic mass is 10.2. The zero-order valence-electron chi connectivity index (χ0n) is 15.0. The summed E-state index contributed by atoms with van der Waals surface area (Å²) in [5.74, 6) is 0.00557. The number of hydrogen-bond donors (Lipinski definition) is 2. The lowest BCUT2D eigenvalue weighted by Gasteiger charge is -2.09. The Kier molecular flexibility index (Phi) is 7.51. The average molecular weight is 384 g/mol. The molecule has 27 heavy (non-hydrogen) atoms. The van der Waals surface area contributed by atoms with Gasteiger partial charge < -0.3 is 14.8 Å². The van der Waals surface area contributed by atoms with Crippen LogP contribution >= 0.6 is 12.2 Å². The Bertz CT molecular complexity index is 830. The molecule has 0 fully saturated rings. The van der Waals surface area contributed by atoms with Gasteiger partial charge in [0.1, 0.15) is 5.75 Å². The highest BCUT2D eigenvalue weighted by Crippen LogP contribution is 2.12. The van der Waals surface area contributed by atoms with Gasteiger partial charge >= 0.3 is 5.97 Å². The molecule has 0 atom stereocenters. The third-order valence-corrected chi connectivity index (χ3v) is 3.64. The van der Waals surface area contributed by atoms with Crippen molar-refractivity contribution >= 4 is 41.0 Å². The van der Waals surface area contributed by atoms with Crippen LogP contribution in [0.25, 0.3) is 6.08 Å². The van der Waals surface area contributed by atoms with E-state index in [2.05, 4.69) is 10.6 Å². The summed E-state index contributed by atoms with van der Waals surface area (Å²) in [6, 6.07) is 13.9. The number of nitrogens with one attached hydrogen (secondary N) is 2. The first-order valence-corrected chi connectivity index (χ1v) is 8.64. The molecule has 0 aromatic heterocycles. The van der Waals surface area contributed by atoms with Crippen LogP contribution in [0, 0.1) is 0 Å². The lowest BCUT2D eigenvalue weighted by molar-refractivity contribution is -0.115. The zero-order valence-corrected chi connectivity index (χ0v) is 15.8. The minimum Gasteiger partial charge on any atom is -0.497 e.